The first-order valence-electron chi connectivity index (χ1n) is 16.6. The third kappa shape index (κ3) is 5.17. The Morgan fingerprint density at radius 2 is 0.735 bits per heavy atom. The molecule has 5 nitrogen and oxygen atoms in total. The second kappa shape index (κ2) is 11.4. The van der Waals surface area contributed by atoms with E-state index in [4.69, 9.17) is 9.40 Å². The molecule has 5 aromatic heterocycles. The monoisotopic (exact) mass is 634 g/mol. The van der Waals surface area contributed by atoms with Crippen molar-refractivity contribution >= 4 is 56.4 Å². The van der Waals surface area contributed by atoms with Crippen LogP contribution in [0.2, 0.25) is 0 Å². The van der Waals surface area contributed by atoms with Gasteiger partial charge in [0, 0.05) is 22.2 Å². The molecule has 0 unspecified atom stereocenters. The molecule has 6 heterocycles. The minimum atomic E-state index is 0.782. The van der Waals surface area contributed by atoms with E-state index in [0.717, 1.165) is 89.0 Å². The predicted molar refractivity (Wildman–Crippen MR) is 204 cm³/mol. The molecule has 8 aromatic rings. The molecule has 0 fully saturated rings. The lowest BCUT2D eigenvalue weighted by Gasteiger charge is -2.05. The van der Waals surface area contributed by atoms with Crippen LogP contribution in [0.15, 0.2) is 126 Å². The Labute approximate surface area is 283 Å². The summed E-state index contributed by atoms with van der Waals surface area (Å²) in [6.07, 6.45) is 4.20. The zero-order valence-electron chi connectivity index (χ0n) is 27.6. The van der Waals surface area contributed by atoms with Gasteiger partial charge in [-0.05, 0) is 98.1 Å². The number of fused-ring (bicyclic) bond motifs is 12. The summed E-state index contributed by atoms with van der Waals surface area (Å²) in [4.78, 5) is 16.3. The van der Waals surface area contributed by atoms with Gasteiger partial charge in [-0.1, -0.05) is 89.5 Å². The molecule has 10 bridgehead atoms. The zero-order chi connectivity index (χ0) is 33.1. The van der Waals surface area contributed by atoms with Gasteiger partial charge in [-0.15, -0.1) is 0 Å². The summed E-state index contributed by atoms with van der Waals surface area (Å²) in [6.45, 7) is 6.33. The molecule has 49 heavy (non-hydrogen) atoms. The molecule has 0 spiro atoms. The third-order valence-corrected chi connectivity index (χ3v) is 9.45. The van der Waals surface area contributed by atoms with Crippen molar-refractivity contribution in [2.24, 2.45) is 0 Å². The first kappa shape index (κ1) is 28.9. The molecule has 5 heteroatoms. The number of nitrogens with zero attached hydrogens (tertiary/aromatic N) is 1. The van der Waals surface area contributed by atoms with Crippen molar-refractivity contribution < 1.29 is 4.42 Å². The minimum Gasteiger partial charge on any atom is -0.456 e. The van der Waals surface area contributed by atoms with Gasteiger partial charge in [0.15, 0.2) is 0 Å². The predicted octanol–water partition coefficient (Wildman–Crippen LogP) is 11.9. The van der Waals surface area contributed by atoms with Crippen molar-refractivity contribution in [2.75, 3.05) is 0 Å². The molecule has 0 amide bonds. The smallest absolute Gasteiger partial charge is 0.137 e. The highest BCUT2D eigenvalue weighted by atomic mass is 16.3. The Morgan fingerprint density at radius 3 is 1.22 bits per heavy atom. The summed E-state index contributed by atoms with van der Waals surface area (Å²) in [5, 5.41) is 0. The van der Waals surface area contributed by atoms with Crippen LogP contribution in [-0.4, -0.2) is 19.9 Å². The van der Waals surface area contributed by atoms with Crippen molar-refractivity contribution in [1.29, 1.82) is 0 Å². The Morgan fingerprint density at radius 1 is 0.367 bits per heavy atom. The molecule has 1 aliphatic heterocycles. The highest BCUT2D eigenvalue weighted by Gasteiger charge is 2.15. The highest BCUT2D eigenvalue weighted by molar-refractivity contribution is 5.99. The molecule has 0 aliphatic carbocycles. The molecule has 0 atom stereocenters. The van der Waals surface area contributed by atoms with Gasteiger partial charge in [0.1, 0.15) is 11.2 Å². The van der Waals surface area contributed by atoms with Crippen LogP contribution in [0.25, 0.3) is 89.8 Å². The quantitative estimate of drug-likeness (QED) is 0.181. The number of furan rings is 1. The average Bonchev–Trinajstić information content (AvgIpc) is 3.96. The number of aryl methyl sites for hydroxylation is 3. The van der Waals surface area contributed by atoms with Gasteiger partial charge in [0.2, 0.25) is 0 Å². The Balaban J connectivity index is 1.44. The number of hydrogen-bond donors (Lipinski definition) is 3. The first-order valence-corrected chi connectivity index (χ1v) is 16.6. The van der Waals surface area contributed by atoms with Crippen LogP contribution in [0.1, 0.15) is 28.1 Å². The van der Waals surface area contributed by atoms with Crippen LogP contribution in [0, 0.1) is 20.8 Å². The molecule has 3 N–H and O–H groups in total. The van der Waals surface area contributed by atoms with E-state index in [1.54, 1.807) is 0 Å². The SMILES string of the molecule is Cc1ccc(-c2c3nc(c4ccc([nH]4)c(-c4ccc(C)cc4)c4ccc(o4)c(-c4ccc(C)cc4)c4ccc([nH]4)c4ccc2[nH]4)C=C3)cc1. The summed E-state index contributed by atoms with van der Waals surface area (Å²) in [5.74, 6) is 0. The maximum atomic E-state index is 6.84. The summed E-state index contributed by atoms with van der Waals surface area (Å²) in [7, 11) is 0. The van der Waals surface area contributed by atoms with Crippen molar-refractivity contribution in [3.63, 3.8) is 0 Å². The zero-order valence-corrected chi connectivity index (χ0v) is 27.6. The van der Waals surface area contributed by atoms with E-state index in [1.807, 2.05) is 0 Å². The lowest BCUT2D eigenvalue weighted by Crippen LogP contribution is -1.86. The van der Waals surface area contributed by atoms with Gasteiger partial charge in [-0.3, -0.25) is 0 Å². The Kier molecular flexibility index (Phi) is 6.73. The van der Waals surface area contributed by atoms with Gasteiger partial charge >= 0.3 is 0 Å². The second-order valence-corrected chi connectivity index (χ2v) is 13.0. The van der Waals surface area contributed by atoms with E-state index in [-0.39, 0.29) is 0 Å². The van der Waals surface area contributed by atoms with Gasteiger partial charge in [-0.25, -0.2) is 4.98 Å². The number of H-pyrrole nitrogens is 3. The number of aromatic nitrogens is 4. The van der Waals surface area contributed by atoms with Crippen LogP contribution < -0.4 is 0 Å². The van der Waals surface area contributed by atoms with Crippen molar-refractivity contribution in [3.05, 3.63) is 149 Å². The fourth-order valence-electron chi connectivity index (χ4n) is 6.81. The van der Waals surface area contributed by atoms with Crippen LogP contribution in [0.3, 0.4) is 0 Å². The maximum absolute atomic E-state index is 6.84. The van der Waals surface area contributed by atoms with Gasteiger partial charge < -0.3 is 19.4 Å². The standard InChI is InChI=1S/C44H34N4O/c1-26-4-10-29(11-5-26)42-36-20-16-32(45-36)34-18-22-38(47-34)43(30-12-6-27(2)7-13-30)40-24-25-41(49-40)44(31-14-8-28(3)9-15-31)39-23-19-35(48-39)33-17-21-37(42)46-33/h4-25,45,47-48H,1-3H3. The van der Waals surface area contributed by atoms with Crippen LogP contribution in [0.5, 0.6) is 0 Å². The number of benzene rings is 3. The molecular weight excluding hydrogens is 601 g/mol. The van der Waals surface area contributed by atoms with Crippen molar-refractivity contribution in [3.8, 4) is 33.4 Å². The number of nitrogens with one attached hydrogen (secondary N) is 3. The normalized spacial score (nSPS) is 11.9. The van der Waals surface area contributed by atoms with E-state index in [1.165, 1.54) is 16.7 Å². The Hall–Kier alpha value is -6.33. The lowest BCUT2D eigenvalue weighted by atomic mass is 10.0. The molecule has 0 radical (unpaired) electrons. The third-order valence-electron chi connectivity index (χ3n) is 9.45. The number of hydrogen-bond acceptors (Lipinski definition) is 2. The fraction of sp³-hybridized carbons (Fsp3) is 0.0682. The van der Waals surface area contributed by atoms with Crippen molar-refractivity contribution in [2.45, 2.75) is 20.8 Å². The highest BCUT2D eigenvalue weighted by Crippen LogP contribution is 2.36. The summed E-state index contributed by atoms with van der Waals surface area (Å²) < 4.78 is 6.84. The number of rotatable bonds is 3. The molecule has 9 rings (SSSR count). The van der Waals surface area contributed by atoms with E-state index < -0.39 is 0 Å². The average molecular weight is 635 g/mol. The molecular formula is C44H34N4O. The van der Waals surface area contributed by atoms with Gasteiger partial charge in [0.25, 0.3) is 0 Å². The first-order chi connectivity index (χ1) is 24.0. The molecule has 0 saturated carbocycles. The Bertz CT molecular complexity index is 2710. The lowest BCUT2D eigenvalue weighted by molar-refractivity contribution is 0.668. The van der Waals surface area contributed by atoms with Gasteiger partial charge in [0.05, 0.1) is 39.0 Å². The summed E-state index contributed by atoms with van der Waals surface area (Å²) in [5.41, 5.74) is 19.1. The molecule has 3 aromatic carbocycles. The van der Waals surface area contributed by atoms with Crippen LogP contribution in [0.4, 0.5) is 0 Å². The maximum Gasteiger partial charge on any atom is 0.137 e. The van der Waals surface area contributed by atoms with E-state index in [2.05, 4.69) is 169 Å². The molecule has 236 valence electrons. The summed E-state index contributed by atoms with van der Waals surface area (Å²) >= 11 is 0. The minimum absolute atomic E-state index is 0.782. The molecule has 0 saturated heterocycles. The largest absolute Gasteiger partial charge is 0.456 e. The van der Waals surface area contributed by atoms with Crippen LogP contribution >= 0.6 is 0 Å². The fourth-order valence-corrected chi connectivity index (χ4v) is 6.81. The topological polar surface area (TPSA) is 73.4 Å². The molecule has 1 aliphatic rings. The van der Waals surface area contributed by atoms with Crippen LogP contribution in [-0.2, 0) is 0 Å². The van der Waals surface area contributed by atoms with E-state index in [0.29, 0.717) is 0 Å². The number of aromatic amines is 3. The van der Waals surface area contributed by atoms with E-state index in [9.17, 15) is 0 Å². The van der Waals surface area contributed by atoms with E-state index >= 15 is 0 Å². The van der Waals surface area contributed by atoms with Gasteiger partial charge in [-0.2, -0.15) is 0 Å². The van der Waals surface area contributed by atoms with Crippen molar-refractivity contribution in [1.82, 2.24) is 19.9 Å². The summed E-state index contributed by atoms with van der Waals surface area (Å²) in [6, 6.07) is 42.8. The second-order valence-electron chi connectivity index (χ2n) is 13.0.